The molecule has 0 bridgehead atoms. The molecule has 0 radical (unpaired) electrons. The van der Waals surface area contributed by atoms with Gasteiger partial charge in [0.2, 0.25) is 0 Å². The van der Waals surface area contributed by atoms with E-state index < -0.39 is 0 Å². The summed E-state index contributed by atoms with van der Waals surface area (Å²) in [6, 6.07) is 8.57. The number of carbonyl (C=O) groups excluding carboxylic acids is 1. The van der Waals surface area contributed by atoms with Gasteiger partial charge in [0.15, 0.2) is 5.13 Å². The highest BCUT2D eigenvalue weighted by Crippen LogP contribution is 2.32. The molecule has 7 heteroatoms. The van der Waals surface area contributed by atoms with Crippen LogP contribution < -0.4 is 10.6 Å². The highest BCUT2D eigenvalue weighted by molar-refractivity contribution is 7.13. The summed E-state index contributed by atoms with van der Waals surface area (Å²) in [6.07, 6.45) is 4.79. The number of hydrogen-bond acceptors (Lipinski definition) is 5. The number of anilines is 1. The monoisotopic (exact) mass is 409 g/mol. The fourth-order valence-corrected chi connectivity index (χ4v) is 4.41. The van der Waals surface area contributed by atoms with Gasteiger partial charge in [-0.25, -0.2) is 9.67 Å². The molecule has 0 fully saturated rings. The van der Waals surface area contributed by atoms with Gasteiger partial charge in [-0.3, -0.25) is 4.79 Å². The van der Waals surface area contributed by atoms with Crippen LogP contribution in [0.2, 0.25) is 0 Å². The molecule has 2 aromatic heterocycles. The fourth-order valence-electron chi connectivity index (χ4n) is 3.76. The zero-order valence-electron chi connectivity index (χ0n) is 17.3. The average Bonchev–Trinajstić information content (AvgIpc) is 3.35. The molecule has 0 aliphatic heterocycles. The Labute approximate surface area is 175 Å². The van der Waals surface area contributed by atoms with E-state index in [0.29, 0.717) is 5.69 Å². The summed E-state index contributed by atoms with van der Waals surface area (Å²) in [5, 5.41) is 13.3. The highest BCUT2D eigenvalue weighted by Gasteiger charge is 2.27. The molecule has 152 valence electrons. The Morgan fingerprint density at radius 3 is 2.66 bits per heavy atom. The lowest BCUT2D eigenvalue weighted by molar-refractivity contribution is 0.0928. The summed E-state index contributed by atoms with van der Waals surface area (Å²) < 4.78 is 2.02. The van der Waals surface area contributed by atoms with Crippen LogP contribution in [0.5, 0.6) is 0 Å². The number of fused-ring (bicyclic) bond motifs is 1. The maximum atomic E-state index is 12.6. The topological polar surface area (TPSA) is 71.8 Å². The lowest BCUT2D eigenvalue weighted by atomic mass is 9.87. The van der Waals surface area contributed by atoms with Gasteiger partial charge in [-0.15, -0.1) is 11.3 Å². The first-order valence-electron chi connectivity index (χ1n) is 9.98. The number of carbonyl (C=O) groups is 1. The van der Waals surface area contributed by atoms with Crippen LogP contribution in [0, 0.1) is 0 Å². The van der Waals surface area contributed by atoms with Crippen molar-refractivity contribution in [1.82, 2.24) is 20.1 Å². The number of amides is 1. The quantitative estimate of drug-likeness (QED) is 0.667. The van der Waals surface area contributed by atoms with Crippen LogP contribution in [0.4, 0.5) is 5.13 Å². The van der Waals surface area contributed by atoms with Crippen molar-refractivity contribution in [3.8, 4) is 5.69 Å². The van der Waals surface area contributed by atoms with E-state index in [1.165, 1.54) is 22.6 Å². The third-order valence-electron chi connectivity index (χ3n) is 5.42. The van der Waals surface area contributed by atoms with Gasteiger partial charge in [0, 0.05) is 23.7 Å². The van der Waals surface area contributed by atoms with Crippen molar-refractivity contribution in [2.75, 3.05) is 12.4 Å². The van der Waals surface area contributed by atoms with Gasteiger partial charge in [0.25, 0.3) is 5.91 Å². The summed E-state index contributed by atoms with van der Waals surface area (Å²) >= 11 is 1.43. The van der Waals surface area contributed by atoms with Crippen LogP contribution >= 0.6 is 11.3 Å². The molecule has 1 aromatic carbocycles. The predicted molar refractivity (Wildman–Crippen MR) is 117 cm³/mol. The van der Waals surface area contributed by atoms with E-state index in [4.69, 9.17) is 0 Å². The first-order chi connectivity index (χ1) is 13.9. The average molecular weight is 410 g/mol. The molecular formula is C22H27N5OS. The van der Waals surface area contributed by atoms with Crippen molar-refractivity contribution in [3.63, 3.8) is 0 Å². The summed E-state index contributed by atoms with van der Waals surface area (Å²) in [4.78, 5) is 16.9. The Morgan fingerprint density at radius 2 is 2.00 bits per heavy atom. The lowest BCUT2D eigenvalue weighted by Crippen LogP contribution is -2.31. The summed E-state index contributed by atoms with van der Waals surface area (Å²) in [5.74, 6) is -0.136. The summed E-state index contributed by atoms with van der Waals surface area (Å²) in [7, 11) is 1.80. The van der Waals surface area contributed by atoms with Gasteiger partial charge < -0.3 is 10.6 Å². The molecule has 2 N–H and O–H groups in total. The standard InChI is InChI=1S/C22H27N5OS/c1-22(2,3)14-8-10-15(11-9-14)27-19-7-5-6-17(16(19)12-24-27)25-20(28)18-13-29-21(23-4)26-18/h8-13,17H,5-7H2,1-4H3,(H,23,26)(H,25,28)/t17-/m0/s1. The molecule has 0 saturated carbocycles. The van der Waals surface area contributed by atoms with E-state index in [1.54, 1.807) is 12.4 Å². The molecule has 29 heavy (non-hydrogen) atoms. The molecule has 3 aromatic rings. The number of thiazole rings is 1. The van der Waals surface area contributed by atoms with Crippen LogP contribution in [-0.2, 0) is 11.8 Å². The molecule has 0 spiro atoms. The third-order valence-corrected chi connectivity index (χ3v) is 6.28. The highest BCUT2D eigenvalue weighted by atomic mass is 32.1. The maximum Gasteiger partial charge on any atom is 0.271 e. The SMILES string of the molecule is CNc1nc(C(=O)N[C@H]2CCCc3c2cnn3-c2ccc(C(C)(C)C)cc2)cs1. The van der Waals surface area contributed by atoms with Crippen molar-refractivity contribution in [1.29, 1.82) is 0 Å². The smallest absolute Gasteiger partial charge is 0.271 e. The first kappa shape index (κ1) is 19.6. The van der Waals surface area contributed by atoms with E-state index in [0.717, 1.165) is 35.6 Å². The largest absolute Gasteiger partial charge is 0.365 e. The Balaban J connectivity index is 1.56. The van der Waals surface area contributed by atoms with Crippen molar-refractivity contribution in [2.24, 2.45) is 0 Å². The van der Waals surface area contributed by atoms with E-state index in [-0.39, 0.29) is 17.4 Å². The van der Waals surface area contributed by atoms with Gasteiger partial charge in [0.05, 0.1) is 17.9 Å². The number of aromatic nitrogens is 3. The molecule has 1 aliphatic carbocycles. The van der Waals surface area contributed by atoms with Crippen molar-refractivity contribution in [2.45, 2.75) is 51.5 Å². The zero-order chi connectivity index (χ0) is 20.6. The Morgan fingerprint density at radius 1 is 1.24 bits per heavy atom. The minimum Gasteiger partial charge on any atom is -0.365 e. The molecule has 0 saturated heterocycles. The van der Waals surface area contributed by atoms with Gasteiger partial charge in [-0.2, -0.15) is 5.10 Å². The van der Waals surface area contributed by atoms with Crippen LogP contribution in [0.25, 0.3) is 5.69 Å². The van der Waals surface area contributed by atoms with Crippen molar-refractivity contribution < 1.29 is 4.79 Å². The molecule has 6 nitrogen and oxygen atoms in total. The Kier molecular flexibility index (Phi) is 5.17. The molecule has 1 atom stereocenters. The maximum absolute atomic E-state index is 12.6. The Hall–Kier alpha value is -2.67. The van der Waals surface area contributed by atoms with Gasteiger partial charge in [-0.1, -0.05) is 32.9 Å². The minimum atomic E-state index is -0.136. The fraction of sp³-hybridized carbons (Fsp3) is 0.409. The molecular weight excluding hydrogens is 382 g/mol. The zero-order valence-corrected chi connectivity index (χ0v) is 18.1. The first-order valence-corrected chi connectivity index (χ1v) is 10.9. The minimum absolute atomic E-state index is 0.0337. The van der Waals surface area contributed by atoms with Crippen LogP contribution in [0.15, 0.2) is 35.8 Å². The molecule has 2 heterocycles. The van der Waals surface area contributed by atoms with Crippen LogP contribution in [0.3, 0.4) is 0 Å². The molecule has 0 unspecified atom stereocenters. The normalized spacial score (nSPS) is 16.3. The number of hydrogen-bond donors (Lipinski definition) is 2. The molecule has 1 aliphatic rings. The molecule has 1 amide bonds. The van der Waals surface area contributed by atoms with Gasteiger partial charge in [-0.05, 0) is 42.4 Å². The summed E-state index contributed by atoms with van der Waals surface area (Å²) in [6.45, 7) is 6.65. The van der Waals surface area contributed by atoms with Crippen LogP contribution in [-0.4, -0.2) is 27.7 Å². The van der Waals surface area contributed by atoms with Gasteiger partial charge >= 0.3 is 0 Å². The van der Waals surface area contributed by atoms with E-state index in [2.05, 4.69) is 65.8 Å². The predicted octanol–water partition coefficient (Wildman–Crippen LogP) is 4.48. The van der Waals surface area contributed by atoms with E-state index in [1.807, 2.05) is 10.9 Å². The van der Waals surface area contributed by atoms with Crippen molar-refractivity contribution >= 4 is 22.4 Å². The second-order valence-electron chi connectivity index (χ2n) is 8.46. The van der Waals surface area contributed by atoms with E-state index in [9.17, 15) is 4.79 Å². The summed E-state index contributed by atoms with van der Waals surface area (Å²) in [5.41, 5.74) is 5.23. The second-order valence-corrected chi connectivity index (χ2v) is 9.32. The van der Waals surface area contributed by atoms with Crippen molar-refractivity contribution in [3.05, 3.63) is 58.4 Å². The van der Waals surface area contributed by atoms with Gasteiger partial charge in [0.1, 0.15) is 5.69 Å². The molecule has 4 rings (SSSR count). The number of nitrogens with zero attached hydrogens (tertiary/aromatic N) is 3. The third kappa shape index (κ3) is 3.92. The number of nitrogens with one attached hydrogen (secondary N) is 2. The van der Waals surface area contributed by atoms with E-state index >= 15 is 0 Å². The number of benzene rings is 1. The Bertz CT molecular complexity index is 1010. The number of rotatable bonds is 4. The second kappa shape index (κ2) is 7.63. The lowest BCUT2D eigenvalue weighted by Gasteiger charge is -2.24. The van der Waals surface area contributed by atoms with Crippen LogP contribution in [0.1, 0.15) is 67.0 Å².